The molecule has 1 heterocycles. The lowest BCUT2D eigenvalue weighted by atomic mass is 9.54. The number of hydrogen-bond donors (Lipinski definition) is 2. The second-order valence-electron chi connectivity index (χ2n) is 11.3. The number of phenolic OH excluding ortho intramolecular Hbond substituents is 1. The Morgan fingerprint density at radius 2 is 1.70 bits per heavy atom. The number of methoxy groups -OCH3 is 1. The summed E-state index contributed by atoms with van der Waals surface area (Å²) < 4.78 is 11.7. The zero-order chi connectivity index (χ0) is 28.0. The highest BCUT2D eigenvalue weighted by molar-refractivity contribution is 6.43. The van der Waals surface area contributed by atoms with Crippen LogP contribution in [-0.2, 0) is 9.39 Å². The fraction of sp³-hybridized carbons (Fsp3) is 0.333. The molecule has 1 saturated heterocycles. The molecule has 6 nitrogen and oxygen atoms in total. The quantitative estimate of drug-likeness (QED) is 0.302. The number of Topliss-reactive ketones (excluding diaryl/α,β-unsaturated/α-hetero) is 2. The second-order valence-corrected chi connectivity index (χ2v) is 11.3. The van der Waals surface area contributed by atoms with E-state index in [0.29, 0.717) is 37.0 Å². The minimum Gasteiger partial charge on any atom is -0.507 e. The summed E-state index contributed by atoms with van der Waals surface area (Å²) in [5.41, 5.74) is 5.19. The minimum absolute atomic E-state index is 0.00490. The Hall–Kier alpha value is -3.52. The Labute approximate surface area is 234 Å². The summed E-state index contributed by atoms with van der Waals surface area (Å²) in [7, 11) is 0.631. The Balaban J connectivity index is 1.31. The maximum Gasteiger partial charge on any atom is 0.455 e. The lowest BCUT2D eigenvalue weighted by Crippen LogP contribution is -2.51. The van der Waals surface area contributed by atoms with Crippen LogP contribution in [0.2, 0.25) is 6.32 Å². The number of phenols is 1. The van der Waals surface area contributed by atoms with Gasteiger partial charge in [0.2, 0.25) is 0 Å². The second kappa shape index (κ2) is 10.8. The van der Waals surface area contributed by atoms with Crippen LogP contribution in [0, 0.1) is 17.8 Å². The first-order chi connectivity index (χ1) is 19.4. The molecule has 0 radical (unpaired) electrons. The van der Waals surface area contributed by atoms with Crippen LogP contribution in [0.4, 0.5) is 0 Å². The van der Waals surface area contributed by atoms with E-state index in [-0.39, 0.29) is 35.7 Å². The standard InChI is InChI=1S/C33H33BO6/c1-19(15-20-12-13-28(35)23-8-4-3-7-22(20)23)11-14-29-30-21(18-39-2)16-26-31(27(30)17-34(38)40-29)33(37)25-10-6-5-9-24(25)32(26)36/h3-10,12-13,15,26-27,29,31,35,38H,11,14,16-18H2,1-2H3/b19-15+/t26-,27+,29-,31-/m1/s1. The van der Waals surface area contributed by atoms with Gasteiger partial charge in [0.05, 0.1) is 12.7 Å². The van der Waals surface area contributed by atoms with Gasteiger partial charge in [0.25, 0.3) is 0 Å². The molecular formula is C33H33BO6. The molecule has 2 aliphatic carbocycles. The van der Waals surface area contributed by atoms with Crippen molar-refractivity contribution in [2.75, 3.05) is 13.7 Å². The third-order valence-electron chi connectivity index (χ3n) is 8.82. The van der Waals surface area contributed by atoms with Crippen LogP contribution < -0.4 is 0 Å². The number of ketones is 2. The van der Waals surface area contributed by atoms with Crippen molar-refractivity contribution in [3.63, 3.8) is 0 Å². The van der Waals surface area contributed by atoms with Crippen LogP contribution in [0.1, 0.15) is 52.5 Å². The number of fused-ring (bicyclic) bond motifs is 5. The van der Waals surface area contributed by atoms with Crippen LogP contribution in [0.25, 0.3) is 16.8 Å². The molecule has 0 bridgehead atoms. The van der Waals surface area contributed by atoms with E-state index in [4.69, 9.17) is 9.39 Å². The van der Waals surface area contributed by atoms with E-state index < -0.39 is 19.0 Å². The van der Waals surface area contributed by atoms with Crippen LogP contribution in [0.3, 0.4) is 0 Å². The van der Waals surface area contributed by atoms with Crippen molar-refractivity contribution >= 4 is 35.5 Å². The molecule has 4 atom stereocenters. The first-order valence-corrected chi connectivity index (χ1v) is 14.0. The number of carbonyl (C=O) groups excluding carboxylic acids is 2. The highest BCUT2D eigenvalue weighted by atomic mass is 16.5. The van der Waals surface area contributed by atoms with E-state index in [1.807, 2.05) is 30.3 Å². The van der Waals surface area contributed by atoms with E-state index in [1.54, 1.807) is 37.4 Å². The molecule has 0 unspecified atom stereocenters. The Morgan fingerprint density at radius 1 is 1.00 bits per heavy atom. The third kappa shape index (κ3) is 4.62. The maximum atomic E-state index is 13.8. The highest BCUT2D eigenvalue weighted by Gasteiger charge is 2.53. The fourth-order valence-electron chi connectivity index (χ4n) is 7.10. The molecule has 3 aromatic carbocycles. The molecule has 7 heteroatoms. The summed E-state index contributed by atoms with van der Waals surface area (Å²) in [5.74, 6) is -0.969. The first kappa shape index (κ1) is 26.7. The smallest absolute Gasteiger partial charge is 0.455 e. The lowest BCUT2D eigenvalue weighted by molar-refractivity contribution is 0.0584. The topological polar surface area (TPSA) is 93.1 Å². The molecule has 3 aromatic rings. The van der Waals surface area contributed by atoms with Gasteiger partial charge in [-0.3, -0.25) is 9.59 Å². The third-order valence-corrected chi connectivity index (χ3v) is 8.82. The predicted octanol–water partition coefficient (Wildman–Crippen LogP) is 5.88. The summed E-state index contributed by atoms with van der Waals surface area (Å²) in [6.07, 6.45) is 3.85. The summed E-state index contributed by atoms with van der Waals surface area (Å²) in [5, 5.41) is 22.9. The number of benzene rings is 3. The fourth-order valence-corrected chi connectivity index (χ4v) is 7.10. The molecular weight excluding hydrogens is 503 g/mol. The molecule has 1 fully saturated rings. The zero-order valence-corrected chi connectivity index (χ0v) is 22.8. The molecule has 204 valence electrons. The molecule has 2 N–H and O–H groups in total. The van der Waals surface area contributed by atoms with Gasteiger partial charge >= 0.3 is 7.12 Å². The van der Waals surface area contributed by atoms with Crippen molar-refractivity contribution in [3.8, 4) is 5.75 Å². The van der Waals surface area contributed by atoms with Gasteiger partial charge in [-0.25, -0.2) is 0 Å². The van der Waals surface area contributed by atoms with Crippen molar-refractivity contribution in [1.82, 2.24) is 0 Å². The van der Waals surface area contributed by atoms with Crippen molar-refractivity contribution in [1.29, 1.82) is 0 Å². The van der Waals surface area contributed by atoms with E-state index in [9.17, 15) is 19.7 Å². The number of allylic oxidation sites excluding steroid dienone is 1. The summed E-state index contributed by atoms with van der Waals surface area (Å²) in [4.78, 5) is 27.3. The Bertz CT molecular complexity index is 1560. The van der Waals surface area contributed by atoms with E-state index in [0.717, 1.165) is 33.1 Å². The van der Waals surface area contributed by atoms with Crippen molar-refractivity contribution in [3.05, 3.63) is 94.1 Å². The SMILES string of the molecule is COCC1=C2[C@@H](CC/C(C)=C/c3ccc(O)c4ccccc34)OB(O)C[C@@H]2[C@@H]2C(=O)c3ccccc3C(=O)[C@@H]2C1. The van der Waals surface area contributed by atoms with Crippen LogP contribution in [-0.4, -0.2) is 48.6 Å². The van der Waals surface area contributed by atoms with Crippen LogP contribution in [0.15, 0.2) is 77.4 Å². The van der Waals surface area contributed by atoms with Gasteiger partial charge < -0.3 is 19.5 Å². The lowest BCUT2D eigenvalue weighted by Gasteiger charge is -2.47. The average Bonchev–Trinajstić information content (AvgIpc) is 2.96. The maximum absolute atomic E-state index is 13.8. The molecule has 40 heavy (non-hydrogen) atoms. The molecule has 0 aromatic heterocycles. The molecule has 1 aliphatic heterocycles. The van der Waals surface area contributed by atoms with Gasteiger partial charge in [0, 0.05) is 35.5 Å². The van der Waals surface area contributed by atoms with E-state index in [1.165, 1.54) is 0 Å². The van der Waals surface area contributed by atoms with E-state index in [2.05, 4.69) is 13.0 Å². The van der Waals surface area contributed by atoms with Crippen molar-refractivity contribution in [2.45, 2.75) is 38.6 Å². The van der Waals surface area contributed by atoms with Gasteiger partial charge in [-0.05, 0) is 66.6 Å². The van der Waals surface area contributed by atoms with Gasteiger partial charge in [0.1, 0.15) is 5.75 Å². The number of rotatable bonds is 6. The molecule has 0 amide bonds. The van der Waals surface area contributed by atoms with Gasteiger partial charge in [-0.2, -0.15) is 0 Å². The highest BCUT2D eigenvalue weighted by Crippen LogP contribution is 2.51. The Kier molecular flexibility index (Phi) is 7.21. The summed E-state index contributed by atoms with van der Waals surface area (Å²) in [6, 6.07) is 18.5. The number of aromatic hydroxyl groups is 1. The average molecular weight is 536 g/mol. The van der Waals surface area contributed by atoms with Gasteiger partial charge in [-0.1, -0.05) is 66.2 Å². The molecule has 0 spiro atoms. The predicted molar refractivity (Wildman–Crippen MR) is 155 cm³/mol. The molecule has 0 saturated carbocycles. The first-order valence-electron chi connectivity index (χ1n) is 14.0. The van der Waals surface area contributed by atoms with Gasteiger partial charge in [-0.15, -0.1) is 0 Å². The van der Waals surface area contributed by atoms with Crippen molar-refractivity contribution < 1.29 is 29.1 Å². The summed E-state index contributed by atoms with van der Waals surface area (Å²) >= 11 is 0. The molecule has 6 rings (SSSR count). The Morgan fingerprint density at radius 3 is 2.45 bits per heavy atom. The number of carbonyl (C=O) groups is 2. The molecule has 3 aliphatic rings. The van der Waals surface area contributed by atoms with Crippen molar-refractivity contribution in [2.24, 2.45) is 17.8 Å². The van der Waals surface area contributed by atoms with Crippen LogP contribution >= 0.6 is 0 Å². The number of ether oxygens (including phenoxy) is 1. The number of hydrogen-bond acceptors (Lipinski definition) is 6. The summed E-state index contributed by atoms with van der Waals surface area (Å²) in [6.45, 7) is 2.43. The van der Waals surface area contributed by atoms with E-state index >= 15 is 0 Å². The normalized spacial score (nSPS) is 24.7. The van der Waals surface area contributed by atoms with Crippen LogP contribution in [0.5, 0.6) is 5.75 Å². The van der Waals surface area contributed by atoms with Gasteiger partial charge in [0.15, 0.2) is 11.6 Å². The largest absolute Gasteiger partial charge is 0.507 e. The zero-order valence-electron chi connectivity index (χ0n) is 22.8. The minimum atomic E-state index is -1.01. The monoisotopic (exact) mass is 536 g/mol.